The molecule has 1 aliphatic heterocycles. The maximum Gasteiger partial charge on any atom is 0.311 e. The lowest BCUT2D eigenvalue weighted by Gasteiger charge is -2.17. The molecule has 1 heterocycles. The number of aromatic hydroxyl groups is 1. The number of benzene rings is 2. The molecule has 0 bridgehead atoms. The summed E-state index contributed by atoms with van der Waals surface area (Å²) in [5.41, 5.74) is 0.717. The van der Waals surface area contributed by atoms with Crippen molar-refractivity contribution in [1.29, 1.82) is 0 Å². The summed E-state index contributed by atoms with van der Waals surface area (Å²) in [4.78, 5) is 22.9. The molecular weight excluding hydrogens is 321 g/mol. The molecule has 0 spiro atoms. The number of nitro benzene ring substituents is 1. The number of rotatable bonds is 2. The van der Waals surface area contributed by atoms with Crippen molar-refractivity contribution in [1.82, 2.24) is 0 Å². The van der Waals surface area contributed by atoms with Gasteiger partial charge in [-0.25, -0.2) is 4.39 Å². The Labute approximate surface area is 134 Å². The van der Waals surface area contributed by atoms with Gasteiger partial charge in [-0.2, -0.15) is 0 Å². The van der Waals surface area contributed by atoms with Gasteiger partial charge >= 0.3 is 5.69 Å². The fourth-order valence-corrected chi connectivity index (χ4v) is 3.34. The maximum atomic E-state index is 13.7. The van der Waals surface area contributed by atoms with E-state index in [0.29, 0.717) is 21.6 Å². The van der Waals surface area contributed by atoms with E-state index < -0.39 is 22.2 Å². The zero-order valence-electron chi connectivity index (χ0n) is 11.7. The first-order valence-corrected chi connectivity index (χ1v) is 7.60. The lowest BCUT2D eigenvalue weighted by Crippen LogP contribution is -2.13. The lowest BCUT2D eigenvalue weighted by molar-refractivity contribution is -0.385. The van der Waals surface area contributed by atoms with E-state index in [2.05, 4.69) is 0 Å². The van der Waals surface area contributed by atoms with Crippen molar-refractivity contribution in [3.8, 4) is 5.75 Å². The van der Waals surface area contributed by atoms with Crippen LogP contribution in [0.1, 0.15) is 15.9 Å². The van der Waals surface area contributed by atoms with E-state index in [9.17, 15) is 24.4 Å². The number of ketones is 1. The Kier molecular flexibility index (Phi) is 3.87. The number of hydrogen-bond acceptors (Lipinski definition) is 5. The molecule has 0 saturated heterocycles. The first-order valence-electron chi connectivity index (χ1n) is 6.61. The second-order valence-electron chi connectivity index (χ2n) is 4.91. The maximum absolute atomic E-state index is 13.7. The van der Waals surface area contributed by atoms with Crippen LogP contribution in [0.15, 0.2) is 46.9 Å². The number of phenolic OH excluding ortho intramolecular Hbond substituents is 1. The molecule has 23 heavy (non-hydrogen) atoms. The molecule has 0 atom stereocenters. The van der Waals surface area contributed by atoms with Gasteiger partial charge in [-0.05, 0) is 29.8 Å². The molecule has 2 aromatic carbocycles. The number of nitro groups is 1. The average Bonchev–Trinajstić information content (AvgIpc) is 2.52. The zero-order valence-corrected chi connectivity index (χ0v) is 12.5. The highest BCUT2D eigenvalue weighted by atomic mass is 32.2. The van der Waals surface area contributed by atoms with Gasteiger partial charge < -0.3 is 5.11 Å². The second kappa shape index (κ2) is 5.85. The van der Waals surface area contributed by atoms with E-state index in [1.807, 2.05) is 0 Å². The Hall–Kier alpha value is -2.67. The second-order valence-corrected chi connectivity index (χ2v) is 5.89. The summed E-state index contributed by atoms with van der Waals surface area (Å²) in [5.74, 6) is -0.885. The fraction of sp³-hybridized carbons (Fsp3) is 0.0625. The highest BCUT2D eigenvalue weighted by Crippen LogP contribution is 2.36. The number of carbonyl (C=O) groups excluding carboxylic acids is 1. The van der Waals surface area contributed by atoms with Crippen LogP contribution in [0.5, 0.6) is 5.75 Å². The van der Waals surface area contributed by atoms with Gasteiger partial charge in [0.2, 0.25) is 0 Å². The minimum atomic E-state index is -0.695. The van der Waals surface area contributed by atoms with Crippen LogP contribution in [0.25, 0.3) is 6.08 Å². The molecule has 0 amide bonds. The van der Waals surface area contributed by atoms with Crippen LogP contribution in [0.4, 0.5) is 10.1 Å². The van der Waals surface area contributed by atoms with Gasteiger partial charge in [-0.3, -0.25) is 14.9 Å². The van der Waals surface area contributed by atoms with Crippen LogP contribution in [0.3, 0.4) is 0 Å². The number of halogens is 1. The highest BCUT2D eigenvalue weighted by Gasteiger charge is 2.25. The summed E-state index contributed by atoms with van der Waals surface area (Å²) < 4.78 is 13.7. The SMILES string of the molecule is O=C1/C(=C/c2ccc(O)c([N+](=O)[O-])c2)CSc2c(F)cccc21. The predicted octanol–water partition coefficient (Wildman–Crippen LogP) is 3.81. The summed E-state index contributed by atoms with van der Waals surface area (Å²) >= 11 is 1.21. The predicted molar refractivity (Wildman–Crippen MR) is 84.2 cm³/mol. The molecule has 1 N–H and O–H groups in total. The van der Waals surface area contributed by atoms with Crippen molar-refractivity contribution in [3.63, 3.8) is 0 Å². The molecule has 1 aliphatic rings. The van der Waals surface area contributed by atoms with E-state index in [1.54, 1.807) is 6.07 Å². The van der Waals surface area contributed by atoms with Crippen LogP contribution in [0, 0.1) is 15.9 Å². The zero-order chi connectivity index (χ0) is 16.6. The van der Waals surface area contributed by atoms with Crippen LogP contribution in [0.2, 0.25) is 0 Å². The molecule has 7 heteroatoms. The Morgan fingerprint density at radius 2 is 2.09 bits per heavy atom. The molecule has 0 saturated carbocycles. The number of phenols is 1. The number of Topliss-reactive ketones (excluding diaryl/α,β-unsaturated/α-hetero) is 1. The van der Waals surface area contributed by atoms with Gasteiger partial charge in [0.05, 0.1) is 9.82 Å². The summed E-state index contributed by atoms with van der Waals surface area (Å²) in [7, 11) is 0. The topological polar surface area (TPSA) is 80.4 Å². The quantitative estimate of drug-likeness (QED) is 0.514. The van der Waals surface area contributed by atoms with Crippen molar-refractivity contribution in [2.45, 2.75) is 4.90 Å². The number of nitrogens with zero attached hydrogens (tertiary/aromatic N) is 1. The molecule has 3 rings (SSSR count). The summed E-state index contributed by atoms with van der Waals surface area (Å²) in [6.07, 6.45) is 1.52. The van der Waals surface area contributed by atoms with E-state index in [4.69, 9.17) is 0 Å². The van der Waals surface area contributed by atoms with Gasteiger partial charge in [-0.1, -0.05) is 12.1 Å². The number of carbonyl (C=O) groups is 1. The molecule has 0 radical (unpaired) electrons. The Bertz CT molecular complexity index is 863. The third-order valence-corrected chi connectivity index (χ3v) is 4.57. The minimum absolute atomic E-state index is 0.279. The third-order valence-electron chi connectivity index (χ3n) is 3.41. The summed E-state index contributed by atoms with van der Waals surface area (Å²) in [6, 6.07) is 8.21. The number of thioether (sulfide) groups is 1. The van der Waals surface area contributed by atoms with E-state index >= 15 is 0 Å². The van der Waals surface area contributed by atoms with Crippen molar-refractivity contribution >= 4 is 29.3 Å². The van der Waals surface area contributed by atoms with Gasteiger partial charge in [0.15, 0.2) is 11.5 Å². The van der Waals surface area contributed by atoms with Crippen molar-refractivity contribution in [2.24, 2.45) is 0 Å². The summed E-state index contributed by atoms with van der Waals surface area (Å²) in [5, 5.41) is 20.3. The van der Waals surface area contributed by atoms with Gasteiger partial charge in [0.25, 0.3) is 0 Å². The van der Waals surface area contributed by atoms with E-state index in [1.165, 1.54) is 48.2 Å². The molecule has 2 aromatic rings. The Balaban J connectivity index is 2.00. The van der Waals surface area contributed by atoms with Crippen molar-refractivity contribution in [2.75, 3.05) is 5.75 Å². The molecular formula is C16H10FNO4S. The molecule has 0 aromatic heterocycles. The molecule has 116 valence electrons. The van der Waals surface area contributed by atoms with Gasteiger partial charge in [-0.15, -0.1) is 11.8 Å². The first-order chi connectivity index (χ1) is 11.0. The van der Waals surface area contributed by atoms with Crippen LogP contribution < -0.4 is 0 Å². The minimum Gasteiger partial charge on any atom is -0.502 e. The number of fused-ring (bicyclic) bond motifs is 1. The smallest absolute Gasteiger partial charge is 0.311 e. The van der Waals surface area contributed by atoms with Crippen LogP contribution in [-0.2, 0) is 0 Å². The van der Waals surface area contributed by atoms with Gasteiger partial charge in [0.1, 0.15) is 5.82 Å². The molecule has 5 nitrogen and oxygen atoms in total. The largest absolute Gasteiger partial charge is 0.502 e. The van der Waals surface area contributed by atoms with Crippen molar-refractivity contribution < 1.29 is 19.2 Å². The van der Waals surface area contributed by atoms with Crippen LogP contribution >= 0.6 is 11.8 Å². The monoisotopic (exact) mass is 331 g/mol. The fourth-order valence-electron chi connectivity index (χ4n) is 2.31. The molecule has 0 fully saturated rings. The highest BCUT2D eigenvalue weighted by molar-refractivity contribution is 7.99. The normalized spacial score (nSPS) is 15.5. The first kappa shape index (κ1) is 15.2. The standard InChI is InChI=1S/C16H10FNO4S/c17-12-3-1-2-11-15(20)10(8-23-16(11)12)6-9-4-5-14(19)13(7-9)18(21)22/h1-7,19H,8H2/b10-6+. The lowest BCUT2D eigenvalue weighted by atomic mass is 10.0. The number of hydrogen-bond donors (Lipinski definition) is 1. The average molecular weight is 331 g/mol. The van der Waals surface area contributed by atoms with Crippen molar-refractivity contribution in [3.05, 3.63) is 69.0 Å². The Morgan fingerprint density at radius 1 is 1.30 bits per heavy atom. The van der Waals surface area contributed by atoms with E-state index in [-0.39, 0.29) is 11.5 Å². The van der Waals surface area contributed by atoms with Gasteiger partial charge in [0, 0.05) is 23.0 Å². The Morgan fingerprint density at radius 3 is 2.83 bits per heavy atom. The van der Waals surface area contributed by atoms with E-state index in [0.717, 1.165) is 0 Å². The molecule has 0 unspecified atom stereocenters. The van der Waals surface area contributed by atoms with Crippen LogP contribution in [-0.4, -0.2) is 21.6 Å². The molecule has 0 aliphatic carbocycles. The summed E-state index contributed by atoms with van der Waals surface area (Å²) in [6.45, 7) is 0. The third kappa shape index (κ3) is 2.83.